The van der Waals surface area contributed by atoms with Crippen LogP contribution in [0.1, 0.15) is 19.8 Å². The Morgan fingerprint density at radius 3 is 2.69 bits per heavy atom. The van der Waals surface area contributed by atoms with Crippen molar-refractivity contribution in [2.45, 2.75) is 38.0 Å². The lowest BCUT2D eigenvalue weighted by atomic mass is 10.1. The zero-order valence-electron chi connectivity index (χ0n) is 8.29. The van der Waals surface area contributed by atoms with E-state index in [2.05, 4.69) is 10.6 Å². The van der Waals surface area contributed by atoms with Gasteiger partial charge in [0, 0.05) is 18.6 Å². The number of aliphatic hydroxyl groups is 1. The molecule has 0 saturated carbocycles. The maximum Gasteiger partial charge on any atom is 0.0675 e. The lowest BCUT2D eigenvalue weighted by Crippen LogP contribution is -2.47. The van der Waals surface area contributed by atoms with Gasteiger partial charge in [0.05, 0.1) is 6.10 Å². The molecule has 1 saturated heterocycles. The van der Waals surface area contributed by atoms with Crippen molar-refractivity contribution in [1.82, 2.24) is 10.6 Å². The van der Waals surface area contributed by atoms with Crippen LogP contribution in [-0.4, -0.2) is 42.9 Å². The van der Waals surface area contributed by atoms with Crippen molar-refractivity contribution in [1.29, 1.82) is 0 Å². The van der Waals surface area contributed by atoms with Crippen molar-refractivity contribution in [2.24, 2.45) is 5.73 Å². The molecule has 4 nitrogen and oxygen atoms in total. The van der Waals surface area contributed by atoms with Gasteiger partial charge in [-0.3, -0.25) is 0 Å². The van der Waals surface area contributed by atoms with Gasteiger partial charge >= 0.3 is 0 Å². The number of nitrogens with one attached hydrogen (secondary N) is 2. The lowest BCUT2D eigenvalue weighted by Gasteiger charge is -2.26. The second kappa shape index (κ2) is 5.54. The van der Waals surface area contributed by atoms with Crippen LogP contribution in [0.2, 0.25) is 0 Å². The summed E-state index contributed by atoms with van der Waals surface area (Å²) in [5.41, 5.74) is 5.71. The highest BCUT2D eigenvalue weighted by atomic mass is 16.3. The van der Waals surface area contributed by atoms with E-state index in [1.165, 1.54) is 0 Å². The standard InChI is InChI=1S/C9H21N3O/c1-7(13)9(10)6-12-8-2-4-11-5-3-8/h7-9,11-13H,2-6,10H2,1H3/t7-,9?/m1/s1. The molecule has 1 rings (SSSR count). The Hall–Kier alpha value is -0.160. The number of hydrogen-bond donors (Lipinski definition) is 4. The van der Waals surface area contributed by atoms with Crippen LogP contribution >= 0.6 is 0 Å². The fourth-order valence-corrected chi connectivity index (χ4v) is 1.50. The molecule has 5 N–H and O–H groups in total. The molecule has 1 aliphatic heterocycles. The zero-order chi connectivity index (χ0) is 9.68. The van der Waals surface area contributed by atoms with Gasteiger partial charge in [0.15, 0.2) is 0 Å². The van der Waals surface area contributed by atoms with Crippen LogP contribution < -0.4 is 16.4 Å². The summed E-state index contributed by atoms with van der Waals surface area (Å²) in [5.74, 6) is 0. The van der Waals surface area contributed by atoms with Gasteiger partial charge in [-0.15, -0.1) is 0 Å². The summed E-state index contributed by atoms with van der Waals surface area (Å²) in [6.07, 6.45) is 1.90. The molecule has 0 bridgehead atoms. The second-order valence-electron chi connectivity index (χ2n) is 3.84. The number of nitrogens with two attached hydrogens (primary N) is 1. The maximum atomic E-state index is 9.17. The summed E-state index contributed by atoms with van der Waals surface area (Å²) in [7, 11) is 0. The monoisotopic (exact) mass is 187 g/mol. The summed E-state index contributed by atoms with van der Waals surface area (Å²) in [4.78, 5) is 0. The maximum absolute atomic E-state index is 9.17. The average Bonchev–Trinajstić information content (AvgIpc) is 2.15. The van der Waals surface area contributed by atoms with E-state index in [-0.39, 0.29) is 6.04 Å². The number of rotatable bonds is 4. The molecule has 1 fully saturated rings. The Morgan fingerprint density at radius 1 is 1.54 bits per heavy atom. The van der Waals surface area contributed by atoms with Crippen LogP contribution in [-0.2, 0) is 0 Å². The number of aliphatic hydroxyl groups excluding tert-OH is 1. The van der Waals surface area contributed by atoms with Crippen molar-refractivity contribution in [3.8, 4) is 0 Å². The minimum absolute atomic E-state index is 0.144. The molecule has 2 atom stereocenters. The minimum Gasteiger partial charge on any atom is -0.392 e. The summed E-state index contributed by atoms with van der Waals surface area (Å²) < 4.78 is 0. The molecular formula is C9H21N3O. The quantitative estimate of drug-likeness (QED) is 0.457. The fourth-order valence-electron chi connectivity index (χ4n) is 1.50. The Balaban J connectivity index is 2.10. The highest BCUT2D eigenvalue weighted by Gasteiger charge is 2.15. The van der Waals surface area contributed by atoms with Crippen molar-refractivity contribution in [2.75, 3.05) is 19.6 Å². The molecule has 0 amide bonds. The van der Waals surface area contributed by atoms with Crippen LogP contribution in [0.15, 0.2) is 0 Å². The van der Waals surface area contributed by atoms with Crippen LogP contribution in [0.25, 0.3) is 0 Å². The third kappa shape index (κ3) is 4.04. The smallest absolute Gasteiger partial charge is 0.0675 e. The van der Waals surface area contributed by atoms with E-state index in [0.29, 0.717) is 12.6 Å². The third-order valence-electron chi connectivity index (χ3n) is 2.60. The first-order chi connectivity index (χ1) is 6.20. The molecular weight excluding hydrogens is 166 g/mol. The molecule has 13 heavy (non-hydrogen) atoms. The van der Waals surface area contributed by atoms with Gasteiger partial charge in [0.1, 0.15) is 0 Å². The van der Waals surface area contributed by atoms with Gasteiger partial charge in [-0.05, 0) is 32.9 Å². The van der Waals surface area contributed by atoms with Crippen molar-refractivity contribution < 1.29 is 5.11 Å². The van der Waals surface area contributed by atoms with Crippen LogP contribution in [0, 0.1) is 0 Å². The Labute approximate surface area is 79.9 Å². The zero-order valence-corrected chi connectivity index (χ0v) is 8.29. The Bertz CT molecular complexity index is 135. The van der Waals surface area contributed by atoms with E-state index in [1.807, 2.05) is 0 Å². The van der Waals surface area contributed by atoms with Crippen LogP contribution in [0.4, 0.5) is 0 Å². The molecule has 0 aliphatic carbocycles. The normalized spacial score (nSPS) is 24.2. The molecule has 1 unspecified atom stereocenters. The molecule has 0 aromatic heterocycles. The topological polar surface area (TPSA) is 70.3 Å². The van der Waals surface area contributed by atoms with Crippen molar-refractivity contribution in [3.05, 3.63) is 0 Å². The fraction of sp³-hybridized carbons (Fsp3) is 1.00. The molecule has 0 spiro atoms. The van der Waals surface area contributed by atoms with E-state index in [4.69, 9.17) is 5.73 Å². The lowest BCUT2D eigenvalue weighted by molar-refractivity contribution is 0.159. The molecule has 0 aromatic carbocycles. The largest absolute Gasteiger partial charge is 0.392 e. The molecule has 4 heteroatoms. The van der Waals surface area contributed by atoms with Gasteiger partial charge in [-0.25, -0.2) is 0 Å². The summed E-state index contributed by atoms with van der Waals surface area (Å²) in [5, 5.41) is 15.9. The average molecular weight is 187 g/mol. The van der Waals surface area contributed by atoms with Gasteiger partial charge < -0.3 is 21.5 Å². The van der Waals surface area contributed by atoms with Gasteiger partial charge in [-0.1, -0.05) is 0 Å². The number of hydrogen-bond acceptors (Lipinski definition) is 4. The Kier molecular flexibility index (Phi) is 4.66. The van der Waals surface area contributed by atoms with Crippen LogP contribution in [0.3, 0.4) is 0 Å². The van der Waals surface area contributed by atoms with Crippen LogP contribution in [0.5, 0.6) is 0 Å². The van der Waals surface area contributed by atoms with E-state index >= 15 is 0 Å². The first-order valence-electron chi connectivity index (χ1n) is 5.08. The third-order valence-corrected chi connectivity index (χ3v) is 2.60. The summed E-state index contributed by atoms with van der Waals surface area (Å²) >= 11 is 0. The molecule has 0 aromatic rings. The molecule has 1 aliphatic rings. The van der Waals surface area contributed by atoms with Crippen molar-refractivity contribution in [3.63, 3.8) is 0 Å². The predicted octanol–water partition coefficient (Wildman–Crippen LogP) is -0.964. The van der Waals surface area contributed by atoms with E-state index in [0.717, 1.165) is 25.9 Å². The highest BCUT2D eigenvalue weighted by molar-refractivity contribution is 4.78. The van der Waals surface area contributed by atoms with E-state index in [1.54, 1.807) is 6.92 Å². The van der Waals surface area contributed by atoms with Gasteiger partial charge in [0.2, 0.25) is 0 Å². The van der Waals surface area contributed by atoms with Crippen molar-refractivity contribution >= 4 is 0 Å². The second-order valence-corrected chi connectivity index (χ2v) is 3.84. The SMILES string of the molecule is C[C@@H](O)C(N)CNC1CCNCC1. The molecule has 1 heterocycles. The van der Waals surface area contributed by atoms with E-state index < -0.39 is 6.10 Å². The minimum atomic E-state index is -0.422. The summed E-state index contributed by atoms with van der Waals surface area (Å²) in [6, 6.07) is 0.431. The Morgan fingerprint density at radius 2 is 2.15 bits per heavy atom. The molecule has 0 radical (unpaired) electrons. The number of piperidine rings is 1. The first kappa shape index (κ1) is 10.9. The first-order valence-corrected chi connectivity index (χ1v) is 5.08. The predicted molar refractivity (Wildman–Crippen MR) is 53.6 cm³/mol. The van der Waals surface area contributed by atoms with Gasteiger partial charge in [-0.2, -0.15) is 0 Å². The summed E-state index contributed by atoms with van der Waals surface area (Å²) in [6.45, 7) is 4.61. The highest BCUT2D eigenvalue weighted by Crippen LogP contribution is 2.01. The van der Waals surface area contributed by atoms with E-state index in [9.17, 15) is 5.11 Å². The van der Waals surface area contributed by atoms with Gasteiger partial charge in [0.25, 0.3) is 0 Å². The molecule has 78 valence electrons.